The predicted octanol–water partition coefficient (Wildman–Crippen LogP) is 5.41. The van der Waals surface area contributed by atoms with Crippen LogP contribution in [-0.4, -0.2) is 0 Å². The van der Waals surface area contributed by atoms with Crippen LogP contribution in [0.4, 0.5) is 0 Å². The lowest BCUT2D eigenvalue weighted by Crippen LogP contribution is -2.09. The molecule has 1 unspecified atom stereocenters. The maximum absolute atomic E-state index is 5.69. The fourth-order valence-corrected chi connectivity index (χ4v) is 3.35. The Morgan fingerprint density at radius 1 is 0.750 bits per heavy atom. The molecule has 3 aromatic rings. The van der Waals surface area contributed by atoms with Gasteiger partial charge < -0.3 is 11.5 Å². The molecule has 0 saturated carbocycles. The van der Waals surface area contributed by atoms with Gasteiger partial charge in [-0.3, -0.25) is 0 Å². The summed E-state index contributed by atoms with van der Waals surface area (Å²) in [5.74, 6) is 0.419. The van der Waals surface area contributed by atoms with E-state index in [1.807, 2.05) is 36.4 Å². The summed E-state index contributed by atoms with van der Waals surface area (Å²) in [4.78, 5) is 0. The fourth-order valence-electron chi connectivity index (χ4n) is 3.35. The van der Waals surface area contributed by atoms with E-state index in [1.165, 1.54) is 11.1 Å². The molecular formula is C26H26N2. The van der Waals surface area contributed by atoms with E-state index in [9.17, 15) is 0 Å². The van der Waals surface area contributed by atoms with Gasteiger partial charge in [0.25, 0.3) is 0 Å². The van der Waals surface area contributed by atoms with E-state index in [-0.39, 0.29) is 11.7 Å². The smallest absolute Gasteiger partial charge is 0.0933 e. The monoisotopic (exact) mass is 366 g/mol. The van der Waals surface area contributed by atoms with Crippen molar-refractivity contribution in [3.63, 3.8) is 0 Å². The molecule has 3 aromatic carbocycles. The highest BCUT2D eigenvalue weighted by Crippen LogP contribution is 2.36. The largest absolute Gasteiger partial charge is 0.386 e. The third kappa shape index (κ3) is 5.01. The molecule has 0 saturated heterocycles. The number of hydrogen-bond acceptors (Lipinski definition) is 2. The maximum Gasteiger partial charge on any atom is 0.0933 e. The van der Waals surface area contributed by atoms with Crippen molar-refractivity contribution in [1.29, 1.82) is 0 Å². The van der Waals surface area contributed by atoms with Gasteiger partial charge >= 0.3 is 0 Å². The van der Waals surface area contributed by atoms with Crippen LogP contribution in [-0.2, 0) is 6.42 Å². The zero-order chi connectivity index (χ0) is 19.8. The molecule has 3 rings (SSSR count). The highest BCUT2D eigenvalue weighted by atomic mass is 14.8. The Hall–Kier alpha value is -3.52. The van der Waals surface area contributed by atoms with Crippen molar-refractivity contribution < 1.29 is 0 Å². The Balaban J connectivity index is 2.04. The third-order valence-electron chi connectivity index (χ3n) is 4.78. The van der Waals surface area contributed by atoms with Crippen molar-refractivity contribution in [3.8, 4) is 0 Å². The first kappa shape index (κ1) is 19.2. The summed E-state index contributed by atoms with van der Waals surface area (Å²) in [6, 6.07) is 31.3. The second-order valence-corrected chi connectivity index (χ2v) is 6.79. The second-order valence-electron chi connectivity index (χ2n) is 6.79. The van der Waals surface area contributed by atoms with Gasteiger partial charge in [-0.25, -0.2) is 0 Å². The van der Waals surface area contributed by atoms with Crippen LogP contribution in [0.3, 0.4) is 0 Å². The van der Waals surface area contributed by atoms with Crippen molar-refractivity contribution in [2.75, 3.05) is 0 Å². The molecule has 0 amide bonds. The molecule has 0 aromatic heterocycles. The topological polar surface area (TPSA) is 52.0 Å². The molecule has 28 heavy (non-hydrogen) atoms. The minimum atomic E-state index is 0.141. The van der Waals surface area contributed by atoms with Crippen LogP contribution >= 0.6 is 0 Å². The van der Waals surface area contributed by atoms with Crippen molar-refractivity contribution in [2.45, 2.75) is 12.3 Å². The van der Waals surface area contributed by atoms with Gasteiger partial charge in [-0.15, -0.1) is 0 Å². The molecule has 0 heterocycles. The zero-order valence-electron chi connectivity index (χ0n) is 16.0. The molecule has 1 atom stereocenters. The highest BCUT2D eigenvalue weighted by molar-refractivity contribution is 5.81. The van der Waals surface area contributed by atoms with E-state index in [1.54, 1.807) is 6.08 Å². The van der Waals surface area contributed by atoms with Crippen LogP contribution in [0.15, 0.2) is 121 Å². The fraction of sp³-hybridized carbons (Fsp3) is 0.0769. The summed E-state index contributed by atoms with van der Waals surface area (Å²) in [7, 11) is 0. The minimum absolute atomic E-state index is 0.141. The molecule has 140 valence electrons. The molecule has 0 aliphatic rings. The van der Waals surface area contributed by atoms with Crippen LogP contribution in [0.1, 0.15) is 22.6 Å². The summed E-state index contributed by atoms with van der Waals surface area (Å²) >= 11 is 0. The summed E-state index contributed by atoms with van der Waals surface area (Å²) in [6.45, 7) is 4.50. The molecule has 2 nitrogen and oxygen atoms in total. The first-order valence-electron chi connectivity index (χ1n) is 9.41. The first-order chi connectivity index (χ1) is 13.6. The highest BCUT2D eigenvalue weighted by Gasteiger charge is 2.19. The molecule has 0 radical (unpaired) electrons. The quantitative estimate of drug-likeness (QED) is 0.549. The second kappa shape index (κ2) is 9.43. The van der Waals surface area contributed by atoms with Gasteiger partial charge in [0, 0.05) is 5.92 Å². The number of nitrogens with two attached hydrogens (primary N) is 2. The summed E-state index contributed by atoms with van der Waals surface area (Å²) < 4.78 is 0. The van der Waals surface area contributed by atoms with Crippen molar-refractivity contribution >= 4 is 5.57 Å². The van der Waals surface area contributed by atoms with E-state index in [2.05, 4.69) is 67.2 Å². The third-order valence-corrected chi connectivity index (χ3v) is 4.78. The van der Waals surface area contributed by atoms with Crippen molar-refractivity contribution in [2.24, 2.45) is 11.5 Å². The van der Waals surface area contributed by atoms with E-state index in [4.69, 9.17) is 11.5 Å². The number of hydrogen-bond donors (Lipinski definition) is 2. The molecular weight excluding hydrogens is 340 g/mol. The van der Waals surface area contributed by atoms with E-state index < -0.39 is 0 Å². The van der Waals surface area contributed by atoms with Gasteiger partial charge in [-0.1, -0.05) is 104 Å². The van der Waals surface area contributed by atoms with E-state index in [0.29, 0.717) is 0 Å². The summed E-state index contributed by atoms with van der Waals surface area (Å²) in [5, 5.41) is 0. The number of allylic oxidation sites excluding steroid dienone is 4. The van der Waals surface area contributed by atoms with Crippen LogP contribution in [0.25, 0.3) is 5.57 Å². The Kier molecular flexibility index (Phi) is 6.48. The van der Waals surface area contributed by atoms with Gasteiger partial charge in [0.05, 0.1) is 5.82 Å². The number of benzene rings is 3. The van der Waals surface area contributed by atoms with Gasteiger partial charge in [0.2, 0.25) is 0 Å². The van der Waals surface area contributed by atoms with Crippen LogP contribution in [0.5, 0.6) is 0 Å². The Bertz CT molecular complexity index is 951. The van der Waals surface area contributed by atoms with Crippen LogP contribution < -0.4 is 11.5 Å². The van der Waals surface area contributed by atoms with E-state index in [0.717, 1.165) is 23.1 Å². The van der Waals surface area contributed by atoms with Crippen LogP contribution in [0.2, 0.25) is 0 Å². The van der Waals surface area contributed by atoms with Gasteiger partial charge in [-0.05, 0) is 40.3 Å². The zero-order valence-corrected chi connectivity index (χ0v) is 16.0. The molecule has 4 N–H and O–H groups in total. The molecule has 0 spiro atoms. The SMILES string of the molecule is C=C(/C(=C\C=C(N)N)c1ccccc1)C(Cc1ccccc1)c1ccccc1. The summed E-state index contributed by atoms with van der Waals surface area (Å²) in [5.41, 5.74) is 17.1. The molecule has 0 aliphatic heterocycles. The van der Waals surface area contributed by atoms with E-state index >= 15 is 0 Å². The lowest BCUT2D eigenvalue weighted by atomic mass is 9.81. The predicted molar refractivity (Wildman–Crippen MR) is 119 cm³/mol. The Morgan fingerprint density at radius 3 is 1.86 bits per heavy atom. The first-order valence-corrected chi connectivity index (χ1v) is 9.41. The Morgan fingerprint density at radius 2 is 1.29 bits per heavy atom. The molecule has 0 fully saturated rings. The standard InChI is InChI=1S/C26H26N2/c1-20(24(17-18-26(27)28)22-13-7-3-8-14-22)25(23-15-9-4-10-16-23)19-21-11-5-2-6-12-21/h2-18,25H,1,19,27-28H2/b24-17+. The van der Waals surface area contributed by atoms with Crippen molar-refractivity contribution in [1.82, 2.24) is 0 Å². The maximum atomic E-state index is 5.69. The Labute approximate surface area is 167 Å². The minimum Gasteiger partial charge on any atom is -0.386 e. The summed E-state index contributed by atoms with van der Waals surface area (Å²) in [6.07, 6.45) is 4.57. The molecule has 0 aliphatic carbocycles. The van der Waals surface area contributed by atoms with Gasteiger partial charge in [0.15, 0.2) is 0 Å². The van der Waals surface area contributed by atoms with Crippen LogP contribution in [0, 0.1) is 0 Å². The molecule has 2 heteroatoms. The normalized spacial score (nSPS) is 12.2. The number of rotatable bonds is 7. The average molecular weight is 367 g/mol. The average Bonchev–Trinajstić information content (AvgIpc) is 2.74. The van der Waals surface area contributed by atoms with Crippen molar-refractivity contribution in [3.05, 3.63) is 138 Å². The van der Waals surface area contributed by atoms with Gasteiger partial charge in [-0.2, -0.15) is 0 Å². The molecule has 0 bridgehead atoms. The lowest BCUT2D eigenvalue weighted by Gasteiger charge is -2.23. The lowest BCUT2D eigenvalue weighted by molar-refractivity contribution is 0.811. The van der Waals surface area contributed by atoms with Gasteiger partial charge in [0.1, 0.15) is 0 Å².